The number of hydrogen-bond acceptors (Lipinski definition) is 6. The smallest absolute Gasteiger partial charge is 0.408 e. The highest BCUT2D eigenvalue weighted by atomic mass is 16.6. The maximum absolute atomic E-state index is 12.4. The second kappa shape index (κ2) is 9.38. The van der Waals surface area contributed by atoms with Crippen molar-refractivity contribution in [3.63, 3.8) is 0 Å². The van der Waals surface area contributed by atoms with Gasteiger partial charge in [0.1, 0.15) is 23.6 Å². The molecule has 152 valence electrons. The number of nitrogens with zero attached hydrogens (tertiary/aromatic N) is 2. The fraction of sp³-hybridized carbons (Fsp3) is 0.667. The Balaban J connectivity index is 2.58. The predicted molar refractivity (Wildman–Crippen MR) is 99.3 cm³/mol. The number of alkyl carbamates (subject to hydrolysis) is 1. The van der Waals surface area contributed by atoms with Crippen molar-refractivity contribution in [1.82, 2.24) is 20.2 Å². The van der Waals surface area contributed by atoms with Gasteiger partial charge >= 0.3 is 18.1 Å². The Morgan fingerprint density at radius 2 is 1.70 bits per heavy atom. The zero-order chi connectivity index (χ0) is 20.7. The average Bonchev–Trinajstić information content (AvgIpc) is 3.00. The summed E-state index contributed by atoms with van der Waals surface area (Å²) in [5, 5.41) is 5.26. The molecule has 27 heavy (non-hydrogen) atoms. The Kier molecular flexibility index (Phi) is 7.81. The summed E-state index contributed by atoms with van der Waals surface area (Å²) in [6, 6.07) is -1.19. The molecular formula is C18H30N4O5. The Bertz CT molecular complexity index is 629. The largest absolute Gasteiger partial charge is 0.458 e. The molecule has 0 aromatic carbocycles. The molecule has 0 fully saturated rings. The first kappa shape index (κ1) is 22.5. The van der Waals surface area contributed by atoms with Crippen molar-refractivity contribution < 1.29 is 23.9 Å². The normalized spacial score (nSPS) is 12.8. The molecule has 1 rings (SSSR count). The molecule has 0 aliphatic carbocycles. The summed E-state index contributed by atoms with van der Waals surface area (Å²) < 4.78 is 11.9. The summed E-state index contributed by atoms with van der Waals surface area (Å²) in [7, 11) is 0. The molecule has 9 heteroatoms. The monoisotopic (exact) mass is 382 g/mol. The van der Waals surface area contributed by atoms with E-state index in [2.05, 4.69) is 15.6 Å². The molecule has 0 spiro atoms. The van der Waals surface area contributed by atoms with E-state index in [1.807, 2.05) is 0 Å². The number of amides is 2. The molecule has 0 aliphatic rings. The minimum Gasteiger partial charge on any atom is -0.458 e. The fourth-order valence-electron chi connectivity index (χ4n) is 2.04. The summed E-state index contributed by atoms with van der Waals surface area (Å²) in [6.07, 6.45) is 4.48. The maximum Gasteiger partial charge on any atom is 0.408 e. The zero-order valence-corrected chi connectivity index (χ0v) is 16.9. The van der Waals surface area contributed by atoms with Crippen molar-refractivity contribution in [2.24, 2.45) is 0 Å². The lowest BCUT2D eigenvalue weighted by atomic mass is 10.1. The van der Waals surface area contributed by atoms with Crippen molar-refractivity contribution in [2.75, 3.05) is 6.54 Å². The Labute approximate surface area is 159 Å². The molecule has 2 N–H and O–H groups in total. The molecule has 0 saturated heterocycles. The molecule has 2 amide bonds. The molecule has 1 aromatic rings. The van der Waals surface area contributed by atoms with Crippen LogP contribution in [0, 0.1) is 0 Å². The Morgan fingerprint density at radius 1 is 1.07 bits per heavy atom. The van der Waals surface area contributed by atoms with Crippen LogP contribution in [0.2, 0.25) is 0 Å². The van der Waals surface area contributed by atoms with Crippen LogP contribution < -0.4 is 10.6 Å². The van der Waals surface area contributed by atoms with E-state index >= 15 is 0 Å². The lowest BCUT2D eigenvalue weighted by Crippen LogP contribution is -2.46. The van der Waals surface area contributed by atoms with Crippen molar-refractivity contribution in [3.05, 3.63) is 18.7 Å². The summed E-state index contributed by atoms with van der Waals surface area (Å²) in [6.45, 7) is 10.8. The molecule has 0 bridgehead atoms. The van der Waals surface area contributed by atoms with E-state index in [0.29, 0.717) is 19.4 Å². The lowest BCUT2D eigenvalue weighted by Gasteiger charge is -2.26. The third-order valence-corrected chi connectivity index (χ3v) is 3.07. The molecule has 0 saturated carbocycles. The number of carbonyl (C=O) groups excluding carboxylic acids is 3. The van der Waals surface area contributed by atoms with E-state index in [1.165, 1.54) is 23.3 Å². The molecular weight excluding hydrogens is 352 g/mol. The number of carbonyl (C=O) groups is 3. The van der Waals surface area contributed by atoms with Crippen molar-refractivity contribution in [2.45, 2.75) is 71.6 Å². The SMILES string of the molecule is CC(C)(C)OC(=O)N[C@@H](CCCNC(=O)n1ccnc1)C(=O)OC(C)(C)C. The number of rotatable bonds is 6. The first-order valence-electron chi connectivity index (χ1n) is 8.86. The second-order valence-corrected chi connectivity index (χ2v) is 8.08. The van der Waals surface area contributed by atoms with Crippen LogP contribution in [-0.2, 0) is 14.3 Å². The highest BCUT2D eigenvalue weighted by Crippen LogP contribution is 2.12. The summed E-state index contributed by atoms with van der Waals surface area (Å²) in [5.74, 6) is -0.547. The third kappa shape index (κ3) is 9.62. The highest BCUT2D eigenvalue weighted by molar-refractivity contribution is 5.81. The van der Waals surface area contributed by atoms with E-state index < -0.39 is 29.3 Å². The molecule has 1 heterocycles. The molecule has 1 aromatic heterocycles. The van der Waals surface area contributed by atoms with Gasteiger partial charge in [-0.3, -0.25) is 4.57 Å². The summed E-state index contributed by atoms with van der Waals surface area (Å²) in [5.41, 5.74) is -1.36. The van der Waals surface area contributed by atoms with Gasteiger partial charge in [-0.2, -0.15) is 0 Å². The number of ether oxygens (including phenoxy) is 2. The van der Waals surface area contributed by atoms with Gasteiger partial charge in [-0.1, -0.05) is 0 Å². The Hall–Kier alpha value is -2.58. The van der Waals surface area contributed by atoms with Crippen molar-refractivity contribution in [3.8, 4) is 0 Å². The van der Waals surface area contributed by atoms with Crippen LogP contribution in [0.1, 0.15) is 54.4 Å². The van der Waals surface area contributed by atoms with Gasteiger partial charge in [0.15, 0.2) is 0 Å². The number of nitrogens with one attached hydrogen (secondary N) is 2. The van der Waals surface area contributed by atoms with E-state index in [0.717, 1.165) is 0 Å². The van der Waals surface area contributed by atoms with E-state index in [1.54, 1.807) is 41.5 Å². The van der Waals surface area contributed by atoms with Gasteiger partial charge in [0.25, 0.3) is 0 Å². The molecule has 9 nitrogen and oxygen atoms in total. The van der Waals surface area contributed by atoms with Crippen molar-refractivity contribution >= 4 is 18.1 Å². The minimum atomic E-state index is -0.871. The van der Waals surface area contributed by atoms with Gasteiger partial charge < -0.3 is 20.1 Å². The van der Waals surface area contributed by atoms with Crippen LogP contribution in [0.5, 0.6) is 0 Å². The van der Waals surface area contributed by atoms with E-state index in [-0.39, 0.29) is 6.03 Å². The number of imidazole rings is 1. The first-order chi connectivity index (χ1) is 12.4. The summed E-state index contributed by atoms with van der Waals surface area (Å²) >= 11 is 0. The molecule has 0 radical (unpaired) electrons. The molecule has 0 aliphatic heterocycles. The predicted octanol–water partition coefficient (Wildman–Crippen LogP) is 2.46. The summed E-state index contributed by atoms with van der Waals surface area (Å²) in [4.78, 5) is 40.0. The second-order valence-electron chi connectivity index (χ2n) is 8.08. The van der Waals surface area contributed by atoms with E-state index in [9.17, 15) is 14.4 Å². The third-order valence-electron chi connectivity index (χ3n) is 3.07. The van der Waals surface area contributed by atoms with Gasteiger partial charge in [0, 0.05) is 18.9 Å². The van der Waals surface area contributed by atoms with Gasteiger partial charge in [-0.25, -0.2) is 19.4 Å². The highest BCUT2D eigenvalue weighted by Gasteiger charge is 2.28. The Morgan fingerprint density at radius 3 is 2.22 bits per heavy atom. The minimum absolute atomic E-state index is 0.290. The van der Waals surface area contributed by atoms with Crippen molar-refractivity contribution in [1.29, 1.82) is 0 Å². The van der Waals surface area contributed by atoms with E-state index in [4.69, 9.17) is 9.47 Å². The average molecular weight is 382 g/mol. The fourth-order valence-corrected chi connectivity index (χ4v) is 2.04. The number of esters is 1. The van der Waals surface area contributed by atoms with Gasteiger partial charge in [-0.05, 0) is 54.4 Å². The molecule has 1 atom stereocenters. The molecule has 0 unspecified atom stereocenters. The topological polar surface area (TPSA) is 112 Å². The van der Waals surface area contributed by atoms with Crippen LogP contribution in [0.25, 0.3) is 0 Å². The van der Waals surface area contributed by atoms with Gasteiger partial charge in [0.2, 0.25) is 0 Å². The number of aromatic nitrogens is 2. The van der Waals surface area contributed by atoms with Gasteiger partial charge in [0.05, 0.1) is 0 Å². The first-order valence-corrected chi connectivity index (χ1v) is 8.86. The van der Waals surface area contributed by atoms with Crippen LogP contribution in [0.4, 0.5) is 9.59 Å². The maximum atomic E-state index is 12.4. The van der Waals surface area contributed by atoms with Crippen LogP contribution in [-0.4, -0.2) is 51.4 Å². The zero-order valence-electron chi connectivity index (χ0n) is 16.9. The number of hydrogen-bond donors (Lipinski definition) is 2. The lowest BCUT2D eigenvalue weighted by molar-refractivity contribution is -0.157. The van der Waals surface area contributed by atoms with Gasteiger partial charge in [-0.15, -0.1) is 0 Å². The quantitative estimate of drug-likeness (QED) is 0.577. The van der Waals surface area contributed by atoms with Crippen LogP contribution in [0.3, 0.4) is 0 Å². The van der Waals surface area contributed by atoms with Crippen LogP contribution in [0.15, 0.2) is 18.7 Å². The standard InChI is InChI=1S/C18H30N4O5/c1-17(2,3)26-14(23)13(21-16(25)27-18(4,5)6)8-7-9-20-15(24)22-11-10-19-12-22/h10-13H,7-9H2,1-6H3,(H,20,24)(H,21,25)/t13-/m0/s1. The van der Waals surface area contributed by atoms with Crippen LogP contribution >= 0.6 is 0 Å².